The van der Waals surface area contributed by atoms with Gasteiger partial charge in [-0.05, 0) is 36.6 Å². The van der Waals surface area contributed by atoms with Gasteiger partial charge in [0.05, 0.1) is 0 Å². The summed E-state index contributed by atoms with van der Waals surface area (Å²) >= 11 is 0. The fraction of sp³-hybridized carbons (Fsp3) is 0.389. The van der Waals surface area contributed by atoms with Gasteiger partial charge >= 0.3 is 0 Å². The summed E-state index contributed by atoms with van der Waals surface area (Å²) < 4.78 is 1.71. The van der Waals surface area contributed by atoms with Crippen LogP contribution in [0.3, 0.4) is 0 Å². The molecule has 26 heavy (non-hydrogen) atoms. The first-order valence-corrected chi connectivity index (χ1v) is 8.91. The number of rotatable bonds is 6. The van der Waals surface area contributed by atoms with Crippen molar-refractivity contribution in [1.82, 2.24) is 29.7 Å². The molecule has 0 radical (unpaired) electrons. The van der Waals surface area contributed by atoms with E-state index in [4.69, 9.17) is 0 Å². The average molecular weight is 351 g/mol. The first-order valence-electron chi connectivity index (χ1n) is 8.91. The van der Waals surface area contributed by atoms with Crippen LogP contribution < -0.4 is 5.32 Å². The van der Waals surface area contributed by atoms with Crippen LogP contribution in [0.2, 0.25) is 0 Å². The molecule has 1 saturated heterocycles. The van der Waals surface area contributed by atoms with Gasteiger partial charge < -0.3 is 10.2 Å². The lowest BCUT2D eigenvalue weighted by atomic mass is 10.2. The molecular formula is C18H21N7O. The van der Waals surface area contributed by atoms with Crippen LogP contribution in [-0.2, 0) is 17.8 Å². The highest BCUT2D eigenvalue weighted by atomic mass is 16.2. The third-order valence-electron chi connectivity index (χ3n) is 4.55. The van der Waals surface area contributed by atoms with E-state index in [0.717, 1.165) is 37.3 Å². The lowest BCUT2D eigenvalue weighted by Gasteiger charge is -2.14. The lowest BCUT2D eigenvalue weighted by molar-refractivity contribution is -0.130. The Morgan fingerprint density at radius 2 is 2.04 bits per heavy atom. The highest BCUT2D eigenvalue weighted by molar-refractivity contribution is 5.76. The largest absolute Gasteiger partial charge is 0.364 e. The van der Waals surface area contributed by atoms with Crippen molar-refractivity contribution >= 4 is 17.4 Å². The molecule has 134 valence electrons. The molecule has 0 atom stereocenters. The monoisotopic (exact) mass is 351 g/mol. The minimum Gasteiger partial charge on any atom is -0.364 e. The second kappa shape index (κ2) is 7.47. The van der Waals surface area contributed by atoms with Crippen LogP contribution in [0.5, 0.6) is 0 Å². The second-order valence-electron chi connectivity index (χ2n) is 6.41. The molecule has 0 spiro atoms. The second-order valence-corrected chi connectivity index (χ2v) is 6.41. The molecule has 0 saturated carbocycles. The van der Waals surface area contributed by atoms with Crippen LogP contribution in [0.4, 0.5) is 5.82 Å². The average Bonchev–Trinajstić information content (AvgIpc) is 3.35. The molecule has 1 fully saturated rings. The minimum atomic E-state index is 0.185. The highest BCUT2D eigenvalue weighted by Crippen LogP contribution is 2.12. The van der Waals surface area contributed by atoms with Crippen LogP contribution in [0.15, 0.2) is 36.7 Å². The molecule has 3 aromatic rings. The van der Waals surface area contributed by atoms with E-state index >= 15 is 0 Å². The predicted molar refractivity (Wildman–Crippen MR) is 96.5 cm³/mol. The van der Waals surface area contributed by atoms with Gasteiger partial charge in [-0.1, -0.05) is 6.07 Å². The summed E-state index contributed by atoms with van der Waals surface area (Å²) in [5, 5.41) is 16.2. The molecule has 0 aliphatic carbocycles. The summed E-state index contributed by atoms with van der Waals surface area (Å²) in [5.41, 5.74) is 1.76. The van der Waals surface area contributed by atoms with Crippen molar-refractivity contribution in [2.24, 2.45) is 0 Å². The molecular weight excluding hydrogens is 330 g/mol. The first-order chi connectivity index (χ1) is 12.8. The maximum atomic E-state index is 12.2. The molecule has 3 aromatic heterocycles. The number of amides is 1. The van der Waals surface area contributed by atoms with Crippen LogP contribution in [0.25, 0.3) is 5.65 Å². The Kier molecular flexibility index (Phi) is 4.72. The molecule has 4 heterocycles. The zero-order valence-electron chi connectivity index (χ0n) is 14.5. The van der Waals surface area contributed by atoms with Crippen LogP contribution in [0.1, 0.15) is 30.7 Å². The Bertz CT molecular complexity index is 887. The van der Waals surface area contributed by atoms with Gasteiger partial charge in [0.25, 0.3) is 0 Å². The van der Waals surface area contributed by atoms with Gasteiger partial charge in [-0.2, -0.15) is 4.52 Å². The van der Waals surface area contributed by atoms with Crippen LogP contribution in [-0.4, -0.2) is 48.7 Å². The zero-order valence-corrected chi connectivity index (χ0v) is 14.5. The fourth-order valence-electron chi connectivity index (χ4n) is 3.12. The zero-order chi connectivity index (χ0) is 17.8. The van der Waals surface area contributed by atoms with Crippen molar-refractivity contribution in [3.05, 3.63) is 48.0 Å². The summed E-state index contributed by atoms with van der Waals surface area (Å²) in [4.78, 5) is 18.3. The fourth-order valence-corrected chi connectivity index (χ4v) is 3.12. The number of hydrogen-bond acceptors (Lipinski definition) is 6. The molecule has 8 heteroatoms. The van der Waals surface area contributed by atoms with Crippen molar-refractivity contribution < 1.29 is 4.79 Å². The normalized spacial score (nSPS) is 14.1. The lowest BCUT2D eigenvalue weighted by Crippen LogP contribution is -2.27. The summed E-state index contributed by atoms with van der Waals surface area (Å²) in [7, 11) is 0. The quantitative estimate of drug-likeness (QED) is 0.727. The molecule has 0 bridgehead atoms. The third-order valence-corrected chi connectivity index (χ3v) is 4.55. The van der Waals surface area contributed by atoms with E-state index in [2.05, 4.69) is 25.6 Å². The number of anilines is 1. The maximum absolute atomic E-state index is 12.2. The van der Waals surface area contributed by atoms with Crippen molar-refractivity contribution in [1.29, 1.82) is 0 Å². The SMILES string of the molecule is O=C(CCc1nnc2ccc(NCc3cccnc3)nn12)N1CCCC1. The Hall–Kier alpha value is -3.03. The Morgan fingerprint density at radius 1 is 1.15 bits per heavy atom. The molecule has 0 aromatic carbocycles. The van der Waals surface area contributed by atoms with E-state index in [1.165, 1.54) is 0 Å². The number of nitrogens with one attached hydrogen (secondary N) is 1. The number of likely N-dealkylation sites (tertiary alicyclic amines) is 1. The van der Waals surface area contributed by atoms with E-state index in [1.54, 1.807) is 10.7 Å². The number of fused-ring (bicyclic) bond motifs is 1. The van der Waals surface area contributed by atoms with Gasteiger partial charge in [0.15, 0.2) is 11.5 Å². The van der Waals surface area contributed by atoms with Crippen LogP contribution in [0, 0.1) is 0 Å². The van der Waals surface area contributed by atoms with Gasteiger partial charge in [-0.3, -0.25) is 9.78 Å². The van der Waals surface area contributed by atoms with Gasteiger partial charge in [0, 0.05) is 44.9 Å². The molecule has 4 rings (SSSR count). The molecule has 8 nitrogen and oxygen atoms in total. The number of carbonyl (C=O) groups excluding carboxylic acids is 1. The standard InChI is InChI=1S/C18H21N7O/c26-18(24-10-1-2-11-24)8-7-17-22-21-16-6-5-15(23-25(16)17)20-13-14-4-3-9-19-12-14/h3-6,9,12H,1-2,7-8,10-11,13H2,(H,20,23). The summed E-state index contributed by atoms with van der Waals surface area (Å²) in [6.07, 6.45) is 6.76. The summed E-state index contributed by atoms with van der Waals surface area (Å²) in [6.45, 7) is 2.39. The van der Waals surface area contributed by atoms with Crippen molar-refractivity contribution in [2.75, 3.05) is 18.4 Å². The molecule has 1 aliphatic rings. The van der Waals surface area contributed by atoms with Gasteiger partial charge in [-0.25, -0.2) is 0 Å². The van der Waals surface area contributed by atoms with Crippen LogP contribution >= 0.6 is 0 Å². The number of hydrogen-bond donors (Lipinski definition) is 1. The predicted octanol–water partition coefficient (Wildman–Crippen LogP) is 1.69. The number of nitrogens with zero attached hydrogens (tertiary/aromatic N) is 6. The number of pyridine rings is 1. The Balaban J connectivity index is 1.43. The van der Waals surface area contributed by atoms with Gasteiger partial charge in [-0.15, -0.1) is 15.3 Å². The minimum absolute atomic E-state index is 0.185. The smallest absolute Gasteiger partial charge is 0.223 e. The third kappa shape index (κ3) is 3.63. The van der Waals surface area contributed by atoms with E-state index in [1.807, 2.05) is 35.4 Å². The van der Waals surface area contributed by atoms with E-state index in [-0.39, 0.29) is 5.91 Å². The Labute approximate surface area is 151 Å². The molecule has 1 aliphatic heterocycles. The van der Waals surface area contributed by atoms with Crippen molar-refractivity contribution in [3.63, 3.8) is 0 Å². The van der Waals surface area contributed by atoms with E-state index in [0.29, 0.717) is 30.9 Å². The van der Waals surface area contributed by atoms with Crippen molar-refractivity contribution in [3.8, 4) is 0 Å². The number of aromatic nitrogens is 5. The Morgan fingerprint density at radius 3 is 2.85 bits per heavy atom. The summed E-state index contributed by atoms with van der Waals surface area (Å²) in [6, 6.07) is 7.66. The highest BCUT2D eigenvalue weighted by Gasteiger charge is 2.18. The van der Waals surface area contributed by atoms with E-state index in [9.17, 15) is 4.79 Å². The summed E-state index contributed by atoms with van der Waals surface area (Å²) in [5.74, 6) is 1.62. The number of aryl methyl sites for hydroxylation is 1. The molecule has 0 unspecified atom stereocenters. The number of carbonyl (C=O) groups is 1. The topological polar surface area (TPSA) is 88.3 Å². The maximum Gasteiger partial charge on any atom is 0.223 e. The molecule has 1 N–H and O–H groups in total. The molecule has 1 amide bonds. The first kappa shape index (κ1) is 16.4. The van der Waals surface area contributed by atoms with Crippen molar-refractivity contribution in [2.45, 2.75) is 32.2 Å². The van der Waals surface area contributed by atoms with Gasteiger partial charge in [0.2, 0.25) is 5.91 Å². The van der Waals surface area contributed by atoms with E-state index < -0.39 is 0 Å². The van der Waals surface area contributed by atoms with Gasteiger partial charge in [0.1, 0.15) is 5.82 Å².